The fourth-order valence-corrected chi connectivity index (χ4v) is 4.19. The summed E-state index contributed by atoms with van der Waals surface area (Å²) in [6.45, 7) is 3.13. The predicted molar refractivity (Wildman–Crippen MR) is 92.6 cm³/mol. The van der Waals surface area contributed by atoms with Gasteiger partial charge in [0.15, 0.2) is 0 Å². The van der Waals surface area contributed by atoms with Crippen molar-refractivity contribution >= 4 is 39.0 Å². The first-order chi connectivity index (χ1) is 9.72. The standard InChI is InChI=1S/C15H19BrN2S2/c1-3-4-13-14(9-17-2)20-15(18-13)10-19-12-7-5-11(16)6-8-12/h5-8,17H,3-4,9-10H2,1-2H3. The number of halogens is 1. The lowest BCUT2D eigenvalue weighted by molar-refractivity contribution is 0.797. The predicted octanol–water partition coefficient (Wildman–Crippen LogP) is 4.87. The normalized spacial score (nSPS) is 10.9. The minimum absolute atomic E-state index is 0.927. The van der Waals surface area contributed by atoms with Crippen molar-refractivity contribution in [3.05, 3.63) is 44.3 Å². The Morgan fingerprint density at radius 2 is 2.05 bits per heavy atom. The highest BCUT2D eigenvalue weighted by Gasteiger charge is 2.10. The Kier molecular flexibility index (Phi) is 6.55. The van der Waals surface area contributed by atoms with E-state index >= 15 is 0 Å². The molecule has 1 aromatic carbocycles. The van der Waals surface area contributed by atoms with Gasteiger partial charge >= 0.3 is 0 Å². The molecule has 0 bridgehead atoms. The van der Waals surface area contributed by atoms with E-state index in [4.69, 9.17) is 4.98 Å². The minimum Gasteiger partial charge on any atom is -0.315 e. The third kappa shape index (κ3) is 4.58. The maximum Gasteiger partial charge on any atom is 0.103 e. The highest BCUT2D eigenvalue weighted by atomic mass is 79.9. The van der Waals surface area contributed by atoms with Crippen LogP contribution in [0.2, 0.25) is 0 Å². The molecule has 0 aliphatic heterocycles. The third-order valence-electron chi connectivity index (χ3n) is 2.82. The summed E-state index contributed by atoms with van der Waals surface area (Å²) in [4.78, 5) is 7.48. The van der Waals surface area contributed by atoms with Crippen molar-refractivity contribution in [3.63, 3.8) is 0 Å². The van der Waals surface area contributed by atoms with Gasteiger partial charge in [0.1, 0.15) is 5.01 Å². The van der Waals surface area contributed by atoms with Gasteiger partial charge in [0.25, 0.3) is 0 Å². The molecule has 0 saturated carbocycles. The molecule has 1 heterocycles. The van der Waals surface area contributed by atoms with Gasteiger partial charge in [-0.25, -0.2) is 4.98 Å². The van der Waals surface area contributed by atoms with Gasteiger partial charge in [-0.3, -0.25) is 0 Å². The minimum atomic E-state index is 0.927. The van der Waals surface area contributed by atoms with Crippen LogP contribution in [0.5, 0.6) is 0 Å². The molecule has 0 spiro atoms. The smallest absolute Gasteiger partial charge is 0.103 e. The van der Waals surface area contributed by atoms with Crippen LogP contribution in [0.4, 0.5) is 0 Å². The fourth-order valence-electron chi connectivity index (χ4n) is 1.91. The summed E-state index contributed by atoms with van der Waals surface area (Å²) in [5, 5.41) is 4.46. The zero-order chi connectivity index (χ0) is 14.4. The van der Waals surface area contributed by atoms with Gasteiger partial charge in [0.05, 0.1) is 11.4 Å². The summed E-state index contributed by atoms with van der Waals surface area (Å²) in [6, 6.07) is 8.45. The first kappa shape index (κ1) is 16.0. The molecule has 108 valence electrons. The van der Waals surface area contributed by atoms with E-state index in [-0.39, 0.29) is 0 Å². The summed E-state index contributed by atoms with van der Waals surface area (Å²) in [5.41, 5.74) is 1.28. The molecular formula is C15H19BrN2S2. The lowest BCUT2D eigenvalue weighted by Gasteiger charge is -1.99. The molecule has 2 aromatic rings. The number of hydrogen-bond acceptors (Lipinski definition) is 4. The SMILES string of the molecule is CCCc1nc(CSc2ccc(Br)cc2)sc1CNC. The fraction of sp³-hybridized carbons (Fsp3) is 0.400. The van der Waals surface area contributed by atoms with E-state index in [1.54, 1.807) is 0 Å². The van der Waals surface area contributed by atoms with Gasteiger partial charge in [-0.05, 0) is 37.7 Å². The van der Waals surface area contributed by atoms with Crippen molar-refractivity contribution in [2.45, 2.75) is 37.0 Å². The van der Waals surface area contributed by atoms with Gasteiger partial charge in [-0.15, -0.1) is 23.1 Å². The summed E-state index contributed by atoms with van der Waals surface area (Å²) in [5.74, 6) is 0.951. The van der Waals surface area contributed by atoms with E-state index in [9.17, 15) is 0 Å². The Balaban J connectivity index is 2.01. The van der Waals surface area contributed by atoms with Crippen molar-refractivity contribution in [1.82, 2.24) is 10.3 Å². The Hall–Kier alpha value is -0.360. The maximum absolute atomic E-state index is 4.80. The van der Waals surface area contributed by atoms with E-state index < -0.39 is 0 Å². The van der Waals surface area contributed by atoms with Gasteiger partial charge in [-0.2, -0.15) is 0 Å². The van der Waals surface area contributed by atoms with Gasteiger partial charge in [0, 0.05) is 20.8 Å². The summed E-state index contributed by atoms with van der Waals surface area (Å²) >= 11 is 7.15. The molecule has 0 fully saturated rings. The average Bonchev–Trinajstić information content (AvgIpc) is 2.82. The maximum atomic E-state index is 4.80. The van der Waals surface area contributed by atoms with Crippen LogP contribution in [0, 0.1) is 0 Å². The highest BCUT2D eigenvalue weighted by molar-refractivity contribution is 9.10. The lowest BCUT2D eigenvalue weighted by atomic mass is 10.2. The van der Waals surface area contributed by atoms with Crippen LogP contribution in [-0.4, -0.2) is 12.0 Å². The number of nitrogens with one attached hydrogen (secondary N) is 1. The molecule has 0 aliphatic carbocycles. The summed E-state index contributed by atoms with van der Waals surface area (Å²) in [6.07, 6.45) is 2.23. The Bertz CT molecular complexity index is 514. The number of aromatic nitrogens is 1. The molecule has 1 aromatic heterocycles. The average molecular weight is 371 g/mol. The Labute approximate surface area is 137 Å². The van der Waals surface area contributed by atoms with Crippen LogP contribution in [0.15, 0.2) is 33.6 Å². The molecule has 20 heavy (non-hydrogen) atoms. The zero-order valence-corrected chi connectivity index (χ0v) is 15.0. The zero-order valence-electron chi connectivity index (χ0n) is 11.8. The topological polar surface area (TPSA) is 24.9 Å². The lowest BCUT2D eigenvalue weighted by Crippen LogP contribution is -2.05. The number of benzene rings is 1. The molecule has 0 aliphatic rings. The molecular weight excluding hydrogens is 352 g/mol. The van der Waals surface area contributed by atoms with Crippen LogP contribution in [0.3, 0.4) is 0 Å². The summed E-state index contributed by atoms with van der Waals surface area (Å²) in [7, 11) is 1.99. The Morgan fingerprint density at radius 3 is 2.70 bits per heavy atom. The van der Waals surface area contributed by atoms with Crippen LogP contribution >= 0.6 is 39.0 Å². The number of nitrogens with zero attached hydrogens (tertiary/aromatic N) is 1. The van der Waals surface area contributed by atoms with E-state index in [1.807, 2.05) is 30.1 Å². The second-order valence-corrected chi connectivity index (χ2v) is 7.63. The molecule has 0 unspecified atom stereocenters. The van der Waals surface area contributed by atoms with Crippen LogP contribution in [-0.2, 0) is 18.7 Å². The number of thiazole rings is 1. The van der Waals surface area contributed by atoms with E-state index in [1.165, 1.54) is 20.5 Å². The Morgan fingerprint density at radius 1 is 1.30 bits per heavy atom. The monoisotopic (exact) mass is 370 g/mol. The molecule has 0 atom stereocenters. The molecule has 2 rings (SSSR count). The molecule has 0 amide bonds. The number of aryl methyl sites for hydroxylation is 1. The third-order valence-corrected chi connectivity index (χ3v) is 5.65. The van der Waals surface area contributed by atoms with Crippen LogP contribution < -0.4 is 5.32 Å². The summed E-state index contributed by atoms with van der Waals surface area (Å²) < 4.78 is 1.12. The number of thioether (sulfide) groups is 1. The molecule has 2 nitrogen and oxygen atoms in total. The first-order valence-electron chi connectivity index (χ1n) is 6.73. The second kappa shape index (κ2) is 8.17. The van der Waals surface area contributed by atoms with Crippen molar-refractivity contribution in [1.29, 1.82) is 0 Å². The number of rotatable bonds is 7. The first-order valence-corrected chi connectivity index (χ1v) is 9.33. The van der Waals surface area contributed by atoms with Crippen molar-refractivity contribution < 1.29 is 0 Å². The van der Waals surface area contributed by atoms with E-state index in [0.717, 1.165) is 29.6 Å². The second-order valence-electron chi connectivity index (χ2n) is 4.50. The molecule has 1 N–H and O–H groups in total. The van der Waals surface area contributed by atoms with Gasteiger partial charge < -0.3 is 5.32 Å². The van der Waals surface area contributed by atoms with E-state index in [2.05, 4.69) is 52.4 Å². The quantitative estimate of drug-likeness (QED) is 0.703. The van der Waals surface area contributed by atoms with Crippen LogP contribution in [0.25, 0.3) is 0 Å². The van der Waals surface area contributed by atoms with E-state index in [0.29, 0.717) is 0 Å². The van der Waals surface area contributed by atoms with Crippen molar-refractivity contribution in [2.24, 2.45) is 0 Å². The molecule has 0 saturated heterocycles. The largest absolute Gasteiger partial charge is 0.315 e. The van der Waals surface area contributed by atoms with Gasteiger partial charge in [-0.1, -0.05) is 29.3 Å². The number of hydrogen-bond donors (Lipinski definition) is 1. The van der Waals surface area contributed by atoms with Crippen LogP contribution in [0.1, 0.15) is 28.9 Å². The highest BCUT2D eigenvalue weighted by Crippen LogP contribution is 2.28. The van der Waals surface area contributed by atoms with Gasteiger partial charge in [0.2, 0.25) is 0 Å². The molecule has 5 heteroatoms. The van der Waals surface area contributed by atoms with Crippen molar-refractivity contribution in [3.8, 4) is 0 Å². The van der Waals surface area contributed by atoms with Crippen molar-refractivity contribution in [2.75, 3.05) is 7.05 Å². The molecule has 0 radical (unpaired) electrons.